The Morgan fingerprint density at radius 3 is 2.56 bits per heavy atom. The summed E-state index contributed by atoms with van der Waals surface area (Å²) in [5.74, 6) is 0. The van der Waals surface area contributed by atoms with Crippen LogP contribution in [0.15, 0.2) is 24.3 Å². The van der Waals surface area contributed by atoms with Gasteiger partial charge in [0.1, 0.15) is 0 Å². The SMILES string of the molecule is Cn1c2c(c3ccccc31)C[CH-]C2.[Cl-].[Cl-].[Ti+3]. The zero-order chi connectivity index (χ0) is 8.84. The molecule has 83 valence electrons. The van der Waals surface area contributed by atoms with Gasteiger partial charge in [0.15, 0.2) is 0 Å². The Bertz CT molecular complexity index is 479. The minimum atomic E-state index is 0. The van der Waals surface area contributed by atoms with Crippen molar-refractivity contribution in [3.8, 4) is 0 Å². The van der Waals surface area contributed by atoms with Crippen LogP contribution in [-0.4, -0.2) is 4.57 Å². The third-order valence-corrected chi connectivity index (χ3v) is 3.03. The largest absolute Gasteiger partial charge is 3.00 e. The summed E-state index contributed by atoms with van der Waals surface area (Å²) in [5.41, 5.74) is 4.42. The number of para-hydroxylation sites is 1. The molecule has 0 spiro atoms. The molecular formula is C12H12Cl2NTi. The summed E-state index contributed by atoms with van der Waals surface area (Å²) in [4.78, 5) is 0. The van der Waals surface area contributed by atoms with Crippen molar-refractivity contribution in [3.05, 3.63) is 41.9 Å². The molecule has 4 heteroatoms. The van der Waals surface area contributed by atoms with Gasteiger partial charge in [-0.05, 0) is 11.8 Å². The number of aromatic nitrogens is 1. The van der Waals surface area contributed by atoms with Gasteiger partial charge in [-0.3, -0.25) is 0 Å². The van der Waals surface area contributed by atoms with Crippen LogP contribution in [0.5, 0.6) is 0 Å². The maximum absolute atomic E-state index is 2.36. The smallest absolute Gasteiger partial charge is 1.00 e. The standard InChI is InChI=1S/C12H12N.2ClH.Ti/c1-13-11-7-3-2-5-9(11)10-6-4-8-12(10)13;;;/h2-5,7H,6,8H2,1H3;2*1H;/q-1;;;+3/p-2. The molecule has 1 heterocycles. The summed E-state index contributed by atoms with van der Waals surface area (Å²) in [5, 5.41) is 1.44. The second-order valence-electron chi connectivity index (χ2n) is 3.70. The van der Waals surface area contributed by atoms with Crippen LogP contribution in [0.2, 0.25) is 0 Å². The molecule has 1 aliphatic carbocycles. The van der Waals surface area contributed by atoms with E-state index in [1.807, 2.05) is 0 Å². The molecule has 2 aromatic rings. The maximum Gasteiger partial charge on any atom is 3.00 e. The fourth-order valence-corrected chi connectivity index (χ4v) is 2.37. The van der Waals surface area contributed by atoms with Crippen molar-refractivity contribution in [2.75, 3.05) is 0 Å². The number of hydrogen-bond acceptors (Lipinski definition) is 0. The average molecular weight is 289 g/mol. The maximum atomic E-state index is 2.36. The Balaban J connectivity index is 0.000000750. The molecule has 0 saturated carbocycles. The molecule has 0 amide bonds. The molecule has 1 radical (unpaired) electrons. The van der Waals surface area contributed by atoms with E-state index < -0.39 is 0 Å². The average Bonchev–Trinajstić information content (AvgIpc) is 2.72. The number of aryl methyl sites for hydroxylation is 1. The van der Waals surface area contributed by atoms with Crippen LogP contribution in [0.1, 0.15) is 11.3 Å². The van der Waals surface area contributed by atoms with Crippen LogP contribution in [0.3, 0.4) is 0 Å². The van der Waals surface area contributed by atoms with E-state index in [9.17, 15) is 0 Å². The molecule has 0 saturated heterocycles. The third-order valence-electron chi connectivity index (χ3n) is 3.03. The minimum Gasteiger partial charge on any atom is -1.00 e. The first-order valence-electron chi connectivity index (χ1n) is 4.75. The van der Waals surface area contributed by atoms with Gasteiger partial charge in [-0.25, -0.2) is 0 Å². The van der Waals surface area contributed by atoms with Gasteiger partial charge in [0.2, 0.25) is 0 Å². The van der Waals surface area contributed by atoms with E-state index in [-0.39, 0.29) is 46.5 Å². The number of hydrogen-bond donors (Lipinski definition) is 0. The summed E-state index contributed by atoms with van der Waals surface area (Å²) in [7, 11) is 2.17. The van der Waals surface area contributed by atoms with E-state index in [2.05, 4.69) is 42.3 Å². The first-order valence-corrected chi connectivity index (χ1v) is 4.75. The van der Waals surface area contributed by atoms with Crippen molar-refractivity contribution in [3.63, 3.8) is 0 Å². The molecule has 0 aliphatic heterocycles. The van der Waals surface area contributed by atoms with E-state index >= 15 is 0 Å². The van der Waals surface area contributed by atoms with E-state index in [0.29, 0.717) is 0 Å². The monoisotopic (exact) mass is 288 g/mol. The number of nitrogens with zero attached hydrogens (tertiary/aromatic N) is 1. The predicted octanol–water partition coefficient (Wildman–Crippen LogP) is -3.51. The topological polar surface area (TPSA) is 4.93 Å². The van der Waals surface area contributed by atoms with Gasteiger partial charge in [0, 0.05) is 18.0 Å². The van der Waals surface area contributed by atoms with Crippen molar-refractivity contribution >= 4 is 10.9 Å². The molecule has 1 aliphatic rings. The van der Waals surface area contributed by atoms with Gasteiger partial charge in [0.05, 0.1) is 0 Å². The molecule has 16 heavy (non-hydrogen) atoms. The molecule has 0 N–H and O–H groups in total. The molecule has 1 nitrogen and oxygen atoms in total. The zero-order valence-electron chi connectivity index (χ0n) is 9.00. The van der Waals surface area contributed by atoms with E-state index in [1.54, 1.807) is 0 Å². The van der Waals surface area contributed by atoms with Gasteiger partial charge in [0.25, 0.3) is 0 Å². The summed E-state index contributed by atoms with van der Waals surface area (Å²) in [6.45, 7) is 0. The molecule has 3 rings (SSSR count). The number of benzene rings is 1. The van der Waals surface area contributed by atoms with Gasteiger partial charge >= 0.3 is 21.7 Å². The Labute approximate surface area is 123 Å². The van der Waals surface area contributed by atoms with Crippen molar-refractivity contribution in [1.82, 2.24) is 4.57 Å². The summed E-state index contributed by atoms with van der Waals surface area (Å²) < 4.78 is 2.33. The first-order chi connectivity index (χ1) is 6.38. The van der Waals surface area contributed by atoms with E-state index in [1.165, 1.54) is 22.2 Å². The first kappa shape index (κ1) is 16.1. The van der Waals surface area contributed by atoms with Crippen LogP contribution in [0.25, 0.3) is 10.9 Å². The Kier molecular flexibility index (Phi) is 6.13. The van der Waals surface area contributed by atoms with Crippen LogP contribution in [0.4, 0.5) is 0 Å². The molecule has 0 atom stereocenters. The van der Waals surface area contributed by atoms with Crippen LogP contribution >= 0.6 is 0 Å². The van der Waals surface area contributed by atoms with Crippen LogP contribution in [-0.2, 0) is 41.6 Å². The van der Waals surface area contributed by atoms with Crippen molar-refractivity contribution in [1.29, 1.82) is 0 Å². The quantitative estimate of drug-likeness (QED) is 0.350. The Hall–Kier alpha value is 0.0543. The second kappa shape index (κ2) is 6.11. The number of halogens is 2. The van der Waals surface area contributed by atoms with Crippen molar-refractivity contribution in [2.24, 2.45) is 7.05 Å². The normalized spacial score (nSPS) is 12.3. The van der Waals surface area contributed by atoms with Gasteiger partial charge < -0.3 is 35.8 Å². The van der Waals surface area contributed by atoms with E-state index in [0.717, 1.165) is 12.8 Å². The Morgan fingerprint density at radius 1 is 1.12 bits per heavy atom. The molecule has 1 aromatic carbocycles. The second-order valence-corrected chi connectivity index (χ2v) is 3.70. The molecule has 0 bridgehead atoms. The summed E-state index contributed by atoms with van der Waals surface area (Å²) >= 11 is 0. The minimum absolute atomic E-state index is 0. The van der Waals surface area contributed by atoms with Crippen LogP contribution < -0.4 is 24.8 Å². The molecule has 0 fully saturated rings. The molecular weight excluding hydrogens is 277 g/mol. The predicted molar refractivity (Wildman–Crippen MR) is 54.6 cm³/mol. The van der Waals surface area contributed by atoms with Crippen molar-refractivity contribution < 1.29 is 46.5 Å². The van der Waals surface area contributed by atoms with Crippen molar-refractivity contribution in [2.45, 2.75) is 12.8 Å². The third kappa shape index (κ3) is 2.19. The summed E-state index contributed by atoms with van der Waals surface area (Å²) in [6.07, 6.45) is 4.65. The van der Waals surface area contributed by atoms with Gasteiger partial charge in [-0.2, -0.15) is 6.42 Å². The van der Waals surface area contributed by atoms with Gasteiger partial charge in [-0.15, -0.1) is 6.42 Å². The molecule has 0 unspecified atom stereocenters. The zero-order valence-corrected chi connectivity index (χ0v) is 12.1. The Morgan fingerprint density at radius 2 is 1.81 bits per heavy atom. The molecule has 1 aromatic heterocycles. The number of rotatable bonds is 0. The van der Waals surface area contributed by atoms with Crippen LogP contribution in [0, 0.1) is 6.42 Å². The summed E-state index contributed by atoms with van der Waals surface area (Å²) in [6, 6.07) is 8.67. The van der Waals surface area contributed by atoms with E-state index in [4.69, 9.17) is 0 Å². The fraction of sp³-hybridized carbons (Fsp3) is 0.250. The number of fused-ring (bicyclic) bond motifs is 3. The van der Waals surface area contributed by atoms with Gasteiger partial charge in [-0.1, -0.05) is 23.8 Å². The fourth-order valence-electron chi connectivity index (χ4n) is 2.37.